The molecule has 0 heterocycles. The third kappa shape index (κ3) is 2.18. The Hall–Kier alpha value is -1.09. The van der Waals surface area contributed by atoms with E-state index in [1.165, 1.54) is 18.4 Å². The van der Waals surface area contributed by atoms with Crippen LogP contribution in [0.5, 0.6) is 0 Å². The van der Waals surface area contributed by atoms with Crippen LogP contribution in [-0.4, -0.2) is 5.11 Å². The van der Waals surface area contributed by atoms with Gasteiger partial charge in [-0.25, -0.2) is 0 Å². The summed E-state index contributed by atoms with van der Waals surface area (Å²) in [6, 6.07) is 8.32. The molecular weight excluding hydrogens is 180 g/mol. The van der Waals surface area contributed by atoms with E-state index in [1.807, 2.05) is 12.1 Å². The highest BCUT2D eigenvalue weighted by Gasteiger charge is 2.22. The van der Waals surface area contributed by atoms with Crippen LogP contribution in [0, 0.1) is 0 Å². The standard InChI is InChI=1S/C10H12N2S/c11-10(13)12-9-5-3-8(4-6-9)7-1-2-7/h3-7H,1-2H2,(H3,11,12,13). The van der Waals surface area contributed by atoms with Gasteiger partial charge in [-0.2, -0.15) is 0 Å². The average Bonchev–Trinajstić information content (AvgIpc) is 2.87. The zero-order valence-electron chi connectivity index (χ0n) is 7.29. The van der Waals surface area contributed by atoms with E-state index in [0.29, 0.717) is 5.11 Å². The van der Waals surface area contributed by atoms with E-state index < -0.39 is 0 Å². The first-order valence-electron chi connectivity index (χ1n) is 4.42. The van der Waals surface area contributed by atoms with Crippen molar-refractivity contribution in [3.63, 3.8) is 0 Å². The van der Waals surface area contributed by atoms with Gasteiger partial charge in [0.05, 0.1) is 0 Å². The van der Waals surface area contributed by atoms with Crippen LogP contribution in [0.25, 0.3) is 0 Å². The molecule has 0 aromatic heterocycles. The monoisotopic (exact) mass is 192 g/mol. The smallest absolute Gasteiger partial charge is 0.168 e. The number of rotatable bonds is 2. The average molecular weight is 192 g/mol. The molecule has 0 spiro atoms. The molecule has 1 aromatic rings. The normalized spacial score (nSPS) is 15.4. The molecular formula is C10H12N2S. The van der Waals surface area contributed by atoms with Crippen LogP contribution in [0.3, 0.4) is 0 Å². The summed E-state index contributed by atoms with van der Waals surface area (Å²) in [4.78, 5) is 0. The van der Waals surface area contributed by atoms with Crippen LogP contribution in [0.2, 0.25) is 0 Å². The molecule has 0 radical (unpaired) electrons. The molecule has 0 saturated heterocycles. The molecule has 0 aliphatic heterocycles. The van der Waals surface area contributed by atoms with Gasteiger partial charge in [-0.05, 0) is 48.7 Å². The van der Waals surface area contributed by atoms with Gasteiger partial charge in [0, 0.05) is 5.69 Å². The van der Waals surface area contributed by atoms with Crippen LogP contribution in [0.4, 0.5) is 5.69 Å². The summed E-state index contributed by atoms with van der Waals surface area (Å²) in [5, 5.41) is 3.22. The van der Waals surface area contributed by atoms with Crippen molar-refractivity contribution in [2.24, 2.45) is 5.73 Å². The molecule has 0 amide bonds. The van der Waals surface area contributed by atoms with Crippen molar-refractivity contribution >= 4 is 23.0 Å². The molecule has 3 N–H and O–H groups in total. The number of hydrogen-bond donors (Lipinski definition) is 2. The Labute approximate surface area is 83.1 Å². The molecule has 1 aromatic carbocycles. The summed E-state index contributed by atoms with van der Waals surface area (Å²) >= 11 is 4.74. The van der Waals surface area contributed by atoms with E-state index in [9.17, 15) is 0 Å². The second-order valence-corrected chi connectivity index (χ2v) is 3.83. The van der Waals surface area contributed by atoms with E-state index in [-0.39, 0.29) is 0 Å². The van der Waals surface area contributed by atoms with Gasteiger partial charge < -0.3 is 11.1 Å². The molecule has 0 atom stereocenters. The summed E-state index contributed by atoms with van der Waals surface area (Å²) < 4.78 is 0. The maximum Gasteiger partial charge on any atom is 0.168 e. The van der Waals surface area contributed by atoms with Gasteiger partial charge in [-0.1, -0.05) is 12.1 Å². The van der Waals surface area contributed by atoms with E-state index in [4.69, 9.17) is 18.0 Å². The predicted octanol–water partition coefficient (Wildman–Crippen LogP) is 2.22. The fourth-order valence-electron chi connectivity index (χ4n) is 1.40. The fraction of sp³-hybridized carbons (Fsp3) is 0.300. The van der Waals surface area contributed by atoms with Crippen molar-refractivity contribution in [2.45, 2.75) is 18.8 Å². The van der Waals surface area contributed by atoms with E-state index in [1.54, 1.807) is 0 Å². The lowest BCUT2D eigenvalue weighted by Crippen LogP contribution is -2.18. The highest BCUT2D eigenvalue weighted by molar-refractivity contribution is 7.80. The lowest BCUT2D eigenvalue weighted by Gasteiger charge is -2.04. The van der Waals surface area contributed by atoms with Crippen LogP contribution in [0.1, 0.15) is 24.3 Å². The molecule has 13 heavy (non-hydrogen) atoms. The fourth-order valence-corrected chi connectivity index (χ4v) is 1.52. The number of benzene rings is 1. The second kappa shape index (κ2) is 3.34. The minimum atomic E-state index is 0.319. The Kier molecular flexibility index (Phi) is 2.19. The first-order chi connectivity index (χ1) is 6.25. The molecule has 0 bridgehead atoms. The highest BCUT2D eigenvalue weighted by atomic mass is 32.1. The lowest BCUT2D eigenvalue weighted by molar-refractivity contribution is 1.13. The van der Waals surface area contributed by atoms with Crippen LogP contribution >= 0.6 is 12.2 Å². The van der Waals surface area contributed by atoms with Crippen molar-refractivity contribution in [1.29, 1.82) is 0 Å². The Balaban J connectivity index is 2.08. The summed E-state index contributed by atoms with van der Waals surface area (Å²) in [5.41, 5.74) is 7.75. The highest BCUT2D eigenvalue weighted by Crippen LogP contribution is 2.40. The zero-order valence-corrected chi connectivity index (χ0v) is 8.10. The molecule has 1 fully saturated rings. The van der Waals surface area contributed by atoms with Gasteiger partial charge in [0.2, 0.25) is 0 Å². The Morgan fingerprint density at radius 3 is 2.38 bits per heavy atom. The lowest BCUT2D eigenvalue weighted by atomic mass is 10.1. The summed E-state index contributed by atoms with van der Waals surface area (Å²) in [6.45, 7) is 0. The maximum atomic E-state index is 5.35. The number of thiocarbonyl (C=S) groups is 1. The van der Waals surface area contributed by atoms with Gasteiger partial charge >= 0.3 is 0 Å². The van der Waals surface area contributed by atoms with E-state index in [0.717, 1.165) is 11.6 Å². The minimum absolute atomic E-state index is 0.319. The molecule has 1 aliphatic rings. The Morgan fingerprint density at radius 2 is 1.92 bits per heavy atom. The topological polar surface area (TPSA) is 38.0 Å². The third-order valence-electron chi connectivity index (χ3n) is 2.23. The number of nitrogens with two attached hydrogens (primary N) is 1. The van der Waals surface area contributed by atoms with Crippen molar-refractivity contribution in [1.82, 2.24) is 0 Å². The van der Waals surface area contributed by atoms with E-state index in [2.05, 4.69) is 17.4 Å². The minimum Gasteiger partial charge on any atom is -0.376 e. The number of nitrogens with one attached hydrogen (secondary N) is 1. The van der Waals surface area contributed by atoms with Gasteiger partial charge in [0.25, 0.3) is 0 Å². The quantitative estimate of drug-likeness (QED) is 0.706. The van der Waals surface area contributed by atoms with E-state index >= 15 is 0 Å². The molecule has 2 nitrogen and oxygen atoms in total. The first-order valence-corrected chi connectivity index (χ1v) is 4.83. The number of hydrogen-bond acceptors (Lipinski definition) is 1. The molecule has 68 valence electrons. The van der Waals surface area contributed by atoms with Crippen molar-refractivity contribution in [3.05, 3.63) is 29.8 Å². The predicted molar refractivity (Wildman–Crippen MR) is 58.8 cm³/mol. The summed E-state index contributed by atoms with van der Waals surface area (Å²) in [7, 11) is 0. The zero-order chi connectivity index (χ0) is 9.26. The molecule has 2 rings (SSSR count). The molecule has 1 aliphatic carbocycles. The summed E-state index contributed by atoms with van der Waals surface area (Å²) in [6.07, 6.45) is 2.67. The molecule has 3 heteroatoms. The first kappa shape index (κ1) is 8.51. The van der Waals surface area contributed by atoms with Crippen molar-refractivity contribution in [3.8, 4) is 0 Å². The Bertz CT molecular complexity index is 314. The maximum absolute atomic E-state index is 5.35. The van der Waals surface area contributed by atoms with Crippen LogP contribution < -0.4 is 11.1 Å². The molecule has 0 unspecified atom stereocenters. The van der Waals surface area contributed by atoms with Crippen LogP contribution in [-0.2, 0) is 0 Å². The SMILES string of the molecule is NC(=S)Nc1ccc(C2CC2)cc1. The summed E-state index contributed by atoms with van der Waals surface area (Å²) in [5.74, 6) is 0.805. The number of anilines is 1. The van der Waals surface area contributed by atoms with Gasteiger partial charge in [0.15, 0.2) is 5.11 Å². The van der Waals surface area contributed by atoms with Crippen LogP contribution in [0.15, 0.2) is 24.3 Å². The Morgan fingerprint density at radius 1 is 1.31 bits per heavy atom. The van der Waals surface area contributed by atoms with Crippen molar-refractivity contribution in [2.75, 3.05) is 5.32 Å². The largest absolute Gasteiger partial charge is 0.376 e. The second-order valence-electron chi connectivity index (χ2n) is 3.39. The van der Waals surface area contributed by atoms with Crippen molar-refractivity contribution < 1.29 is 0 Å². The third-order valence-corrected chi connectivity index (χ3v) is 2.33. The van der Waals surface area contributed by atoms with Gasteiger partial charge in [-0.3, -0.25) is 0 Å². The molecule has 1 saturated carbocycles. The van der Waals surface area contributed by atoms with Gasteiger partial charge in [0.1, 0.15) is 0 Å². The van der Waals surface area contributed by atoms with Gasteiger partial charge in [-0.15, -0.1) is 0 Å².